The first-order valence-electron chi connectivity index (χ1n) is 9.08. The molecular weight excluding hydrogens is 380 g/mol. The summed E-state index contributed by atoms with van der Waals surface area (Å²) in [7, 11) is 0. The Kier molecular flexibility index (Phi) is 5.10. The second-order valence-electron chi connectivity index (χ2n) is 6.93. The van der Waals surface area contributed by atoms with Gasteiger partial charge in [0.15, 0.2) is 0 Å². The van der Waals surface area contributed by atoms with E-state index in [9.17, 15) is 4.79 Å². The smallest absolute Gasteiger partial charge is 0.241 e. The van der Waals surface area contributed by atoms with Crippen molar-refractivity contribution in [3.05, 3.63) is 42.4 Å². The predicted molar refractivity (Wildman–Crippen MR) is 106 cm³/mol. The molecule has 0 saturated carbocycles. The Morgan fingerprint density at radius 2 is 2.07 bits per heavy atom. The molecular formula is C18H21ClN8O. The minimum atomic E-state index is -0.833. The van der Waals surface area contributed by atoms with E-state index in [0.717, 1.165) is 22.5 Å². The van der Waals surface area contributed by atoms with Gasteiger partial charge in [-0.3, -0.25) is 14.8 Å². The van der Waals surface area contributed by atoms with Crippen molar-refractivity contribution in [1.29, 1.82) is 0 Å². The zero-order valence-corrected chi connectivity index (χ0v) is 16.2. The van der Waals surface area contributed by atoms with Gasteiger partial charge in [-0.1, -0.05) is 0 Å². The molecule has 0 radical (unpaired) electrons. The molecule has 3 aromatic heterocycles. The van der Waals surface area contributed by atoms with Crippen LogP contribution < -0.4 is 15.1 Å². The fourth-order valence-electron chi connectivity index (χ4n) is 3.43. The Bertz CT molecular complexity index is 965. The fraction of sp³-hybridized carbons (Fsp3) is 0.389. The number of aromatic amines is 1. The van der Waals surface area contributed by atoms with Crippen molar-refractivity contribution in [3.63, 3.8) is 0 Å². The van der Waals surface area contributed by atoms with E-state index >= 15 is 0 Å². The molecule has 9 nitrogen and oxygen atoms in total. The lowest BCUT2D eigenvalue weighted by Gasteiger charge is -2.40. The zero-order valence-electron chi connectivity index (χ0n) is 15.4. The normalized spacial score (nSPS) is 16.3. The molecule has 0 atom stereocenters. The first kappa shape index (κ1) is 18.6. The number of amides is 1. The molecule has 0 aromatic carbocycles. The number of halogens is 1. The molecule has 0 unspecified atom stereocenters. The van der Waals surface area contributed by atoms with Gasteiger partial charge in [-0.15, -0.1) is 0 Å². The maximum atomic E-state index is 12.9. The van der Waals surface area contributed by atoms with Crippen LogP contribution in [0.4, 0.5) is 5.82 Å². The summed E-state index contributed by atoms with van der Waals surface area (Å²) in [5.41, 5.74) is 1.51. The summed E-state index contributed by atoms with van der Waals surface area (Å²) in [5, 5.41) is 3.89. The quantitative estimate of drug-likeness (QED) is 0.556. The van der Waals surface area contributed by atoms with E-state index in [0.29, 0.717) is 38.2 Å². The summed E-state index contributed by atoms with van der Waals surface area (Å²) in [5.74, 6) is 0.726. The Labute approximate surface area is 167 Å². The van der Waals surface area contributed by atoms with Crippen LogP contribution in [0.3, 0.4) is 0 Å². The Balaban J connectivity index is 1.42. The van der Waals surface area contributed by atoms with Gasteiger partial charge >= 0.3 is 0 Å². The third kappa shape index (κ3) is 3.50. The molecule has 4 rings (SSSR count). The Morgan fingerprint density at radius 3 is 2.79 bits per heavy atom. The minimum Gasteiger partial charge on any atom is -0.356 e. The lowest BCUT2D eigenvalue weighted by molar-refractivity contribution is -0.128. The standard InChI is InChI=1S/C18H21ClN8O/c1-12-8-22-13(9-21-12)10-23-17(28)18(26-19)3-6-27(7-4-18)16-14-2-5-20-15(14)24-11-25-16/h2,5,8-9,11,26H,3-4,6-7,10H2,1H3,(H,23,28)(H,20,24,25). The molecule has 0 aliphatic carbocycles. The molecule has 1 fully saturated rings. The van der Waals surface area contributed by atoms with Crippen LogP contribution >= 0.6 is 11.8 Å². The van der Waals surface area contributed by atoms with Crippen molar-refractivity contribution in [2.24, 2.45) is 0 Å². The van der Waals surface area contributed by atoms with Gasteiger partial charge in [-0.2, -0.15) is 0 Å². The van der Waals surface area contributed by atoms with Gasteiger partial charge in [0.05, 0.1) is 29.5 Å². The fourth-order valence-corrected chi connectivity index (χ4v) is 3.70. The number of nitrogens with zero attached hydrogens (tertiary/aromatic N) is 5. The highest BCUT2D eigenvalue weighted by Gasteiger charge is 2.41. The highest BCUT2D eigenvalue weighted by molar-refractivity contribution is 6.16. The molecule has 4 heterocycles. The number of carbonyl (C=O) groups excluding carboxylic acids is 1. The number of hydrogen-bond donors (Lipinski definition) is 3. The Hall–Kier alpha value is -2.78. The largest absolute Gasteiger partial charge is 0.356 e. The van der Waals surface area contributed by atoms with E-state index in [-0.39, 0.29) is 5.91 Å². The molecule has 0 bridgehead atoms. The minimum absolute atomic E-state index is 0.140. The SMILES string of the molecule is Cc1cnc(CNC(=O)C2(NCl)CCN(c3ncnc4[nH]ccc34)CC2)cn1. The summed E-state index contributed by atoms with van der Waals surface area (Å²) in [6, 6.07) is 1.96. The van der Waals surface area contributed by atoms with Crippen LogP contribution in [0.25, 0.3) is 11.0 Å². The number of nitrogens with one attached hydrogen (secondary N) is 3. The van der Waals surface area contributed by atoms with Crippen LogP contribution in [0.1, 0.15) is 24.2 Å². The summed E-state index contributed by atoms with van der Waals surface area (Å²) in [6.07, 6.45) is 7.84. The van der Waals surface area contributed by atoms with Crippen molar-refractivity contribution in [2.75, 3.05) is 18.0 Å². The van der Waals surface area contributed by atoms with E-state index in [4.69, 9.17) is 11.8 Å². The molecule has 0 spiro atoms. The van der Waals surface area contributed by atoms with E-state index in [1.54, 1.807) is 18.7 Å². The van der Waals surface area contributed by atoms with E-state index < -0.39 is 5.54 Å². The summed E-state index contributed by atoms with van der Waals surface area (Å²) >= 11 is 6.02. The first-order chi connectivity index (χ1) is 13.6. The maximum Gasteiger partial charge on any atom is 0.241 e. The van der Waals surface area contributed by atoms with Gasteiger partial charge in [0, 0.05) is 25.5 Å². The van der Waals surface area contributed by atoms with Crippen molar-refractivity contribution in [1.82, 2.24) is 35.1 Å². The maximum absolute atomic E-state index is 12.9. The molecule has 3 N–H and O–H groups in total. The first-order valence-corrected chi connectivity index (χ1v) is 9.46. The average molecular weight is 401 g/mol. The zero-order chi connectivity index (χ0) is 19.6. The lowest BCUT2D eigenvalue weighted by atomic mass is 9.87. The number of aryl methyl sites for hydroxylation is 1. The van der Waals surface area contributed by atoms with Crippen LogP contribution in [0.15, 0.2) is 31.0 Å². The van der Waals surface area contributed by atoms with Gasteiger partial charge in [0.1, 0.15) is 23.3 Å². The van der Waals surface area contributed by atoms with Crippen LogP contribution in [0, 0.1) is 6.92 Å². The van der Waals surface area contributed by atoms with Gasteiger partial charge < -0.3 is 15.2 Å². The average Bonchev–Trinajstić information content (AvgIpc) is 3.22. The Morgan fingerprint density at radius 1 is 1.25 bits per heavy atom. The third-order valence-corrected chi connectivity index (χ3v) is 5.49. The summed E-state index contributed by atoms with van der Waals surface area (Å²) < 4.78 is 0. The van der Waals surface area contributed by atoms with E-state index in [1.807, 2.05) is 19.2 Å². The molecule has 10 heteroatoms. The number of aromatic nitrogens is 5. The molecule has 1 saturated heterocycles. The van der Waals surface area contributed by atoms with Crippen LogP contribution in [0.2, 0.25) is 0 Å². The molecule has 1 amide bonds. The van der Waals surface area contributed by atoms with Crippen molar-refractivity contribution in [2.45, 2.75) is 31.8 Å². The molecule has 1 aliphatic heterocycles. The van der Waals surface area contributed by atoms with Crippen LogP contribution in [-0.2, 0) is 11.3 Å². The number of hydrogen-bond acceptors (Lipinski definition) is 7. The highest BCUT2D eigenvalue weighted by atomic mass is 35.5. The lowest BCUT2D eigenvalue weighted by Crippen LogP contribution is -2.59. The van der Waals surface area contributed by atoms with E-state index in [2.05, 4.69) is 40.0 Å². The number of piperidine rings is 1. The second kappa shape index (κ2) is 7.69. The number of H-pyrrole nitrogens is 1. The number of carbonyl (C=O) groups is 1. The van der Waals surface area contributed by atoms with Gasteiger partial charge in [-0.25, -0.2) is 14.8 Å². The van der Waals surface area contributed by atoms with Crippen molar-refractivity contribution >= 4 is 34.5 Å². The van der Waals surface area contributed by atoms with Gasteiger partial charge in [0.2, 0.25) is 5.91 Å². The highest BCUT2D eigenvalue weighted by Crippen LogP contribution is 2.29. The molecule has 3 aromatic rings. The topological polar surface area (TPSA) is 112 Å². The van der Waals surface area contributed by atoms with Crippen molar-refractivity contribution < 1.29 is 4.79 Å². The third-order valence-electron chi connectivity index (χ3n) is 5.13. The molecule has 146 valence electrons. The van der Waals surface area contributed by atoms with Crippen molar-refractivity contribution in [3.8, 4) is 0 Å². The van der Waals surface area contributed by atoms with Gasteiger partial charge in [0.25, 0.3) is 0 Å². The molecule has 28 heavy (non-hydrogen) atoms. The number of anilines is 1. The number of fused-ring (bicyclic) bond motifs is 1. The monoisotopic (exact) mass is 400 g/mol. The molecule has 1 aliphatic rings. The van der Waals surface area contributed by atoms with Crippen LogP contribution in [-0.4, -0.2) is 49.5 Å². The predicted octanol–water partition coefficient (Wildman–Crippen LogP) is 1.46. The van der Waals surface area contributed by atoms with E-state index in [1.165, 1.54) is 0 Å². The summed E-state index contributed by atoms with van der Waals surface area (Å²) in [6.45, 7) is 3.48. The second-order valence-corrected chi connectivity index (χ2v) is 7.12. The van der Waals surface area contributed by atoms with Crippen LogP contribution in [0.5, 0.6) is 0 Å². The summed E-state index contributed by atoms with van der Waals surface area (Å²) in [4.78, 5) is 37.9. The number of rotatable bonds is 5. The van der Waals surface area contributed by atoms with Gasteiger partial charge in [-0.05, 0) is 37.6 Å².